The Hall–Kier alpha value is -1.60. The number of amides is 1. The lowest BCUT2D eigenvalue weighted by molar-refractivity contribution is 0.0602. The highest BCUT2D eigenvalue weighted by Crippen LogP contribution is 2.22. The van der Waals surface area contributed by atoms with E-state index in [9.17, 15) is 9.59 Å². The van der Waals surface area contributed by atoms with Crippen LogP contribution in [0.5, 0.6) is 0 Å². The van der Waals surface area contributed by atoms with E-state index in [1.807, 2.05) is 12.1 Å². The van der Waals surface area contributed by atoms with Crippen molar-refractivity contribution >= 4 is 51.8 Å². The van der Waals surface area contributed by atoms with Gasteiger partial charge < -0.3 is 10.1 Å². The van der Waals surface area contributed by atoms with Crippen molar-refractivity contribution in [3.05, 3.63) is 62.2 Å². The molecule has 21 heavy (non-hydrogen) atoms. The standard InChI is InChI=1S/C15H11ClINO3/c1-21-15(20)12-7-4-10(16)8-13(12)18-14(19)9-2-5-11(17)6-3-9/h2-8H,1H3,(H,18,19). The average molecular weight is 416 g/mol. The summed E-state index contributed by atoms with van der Waals surface area (Å²) in [5.41, 5.74) is 1.06. The number of esters is 1. The van der Waals surface area contributed by atoms with E-state index in [0.29, 0.717) is 16.3 Å². The van der Waals surface area contributed by atoms with Crippen LogP contribution in [-0.4, -0.2) is 19.0 Å². The number of methoxy groups -OCH3 is 1. The third-order valence-electron chi connectivity index (χ3n) is 2.74. The third-order valence-corrected chi connectivity index (χ3v) is 3.70. The first kappa shape index (κ1) is 15.8. The SMILES string of the molecule is COC(=O)c1ccc(Cl)cc1NC(=O)c1ccc(I)cc1. The third kappa shape index (κ3) is 3.95. The van der Waals surface area contributed by atoms with E-state index < -0.39 is 5.97 Å². The second-order valence-electron chi connectivity index (χ2n) is 4.14. The molecule has 0 aliphatic carbocycles. The molecule has 4 nitrogen and oxygen atoms in total. The lowest BCUT2D eigenvalue weighted by Gasteiger charge is -2.10. The summed E-state index contributed by atoms with van der Waals surface area (Å²) >= 11 is 8.07. The molecular formula is C15H11ClINO3. The Morgan fingerprint density at radius 1 is 1.14 bits per heavy atom. The zero-order valence-electron chi connectivity index (χ0n) is 11.0. The summed E-state index contributed by atoms with van der Waals surface area (Å²) < 4.78 is 5.72. The van der Waals surface area contributed by atoms with Crippen LogP contribution in [0.3, 0.4) is 0 Å². The van der Waals surface area contributed by atoms with Crippen molar-refractivity contribution in [3.63, 3.8) is 0 Å². The molecule has 0 spiro atoms. The molecule has 0 heterocycles. The van der Waals surface area contributed by atoms with E-state index in [2.05, 4.69) is 32.6 Å². The van der Waals surface area contributed by atoms with Gasteiger partial charge in [0.25, 0.3) is 5.91 Å². The predicted molar refractivity (Wildman–Crippen MR) is 89.9 cm³/mol. The van der Waals surface area contributed by atoms with Gasteiger partial charge in [0.2, 0.25) is 0 Å². The van der Waals surface area contributed by atoms with Crippen LogP contribution in [0, 0.1) is 3.57 Å². The minimum absolute atomic E-state index is 0.251. The van der Waals surface area contributed by atoms with Crippen LogP contribution in [0.4, 0.5) is 5.69 Å². The van der Waals surface area contributed by atoms with E-state index in [4.69, 9.17) is 11.6 Å². The molecule has 2 aromatic rings. The van der Waals surface area contributed by atoms with Gasteiger partial charge in [-0.2, -0.15) is 0 Å². The van der Waals surface area contributed by atoms with Crippen LogP contribution >= 0.6 is 34.2 Å². The first-order valence-corrected chi connectivity index (χ1v) is 7.41. The second kappa shape index (κ2) is 6.91. The maximum Gasteiger partial charge on any atom is 0.339 e. The maximum atomic E-state index is 12.2. The quantitative estimate of drug-likeness (QED) is 0.609. The Labute approximate surface area is 140 Å². The number of carbonyl (C=O) groups excluding carboxylic acids is 2. The van der Waals surface area contributed by atoms with Gasteiger partial charge >= 0.3 is 5.97 Å². The first-order valence-electron chi connectivity index (χ1n) is 5.96. The molecule has 2 aromatic carbocycles. The summed E-state index contributed by atoms with van der Waals surface area (Å²) in [6.07, 6.45) is 0. The molecule has 0 fully saturated rings. The molecule has 0 unspecified atom stereocenters. The van der Waals surface area contributed by atoms with Crippen LogP contribution in [0.2, 0.25) is 5.02 Å². The van der Waals surface area contributed by atoms with Crippen molar-refractivity contribution in [1.82, 2.24) is 0 Å². The first-order chi connectivity index (χ1) is 10.0. The predicted octanol–water partition coefficient (Wildman–Crippen LogP) is 3.98. The van der Waals surface area contributed by atoms with Gasteiger partial charge in [0, 0.05) is 14.2 Å². The highest BCUT2D eigenvalue weighted by Gasteiger charge is 2.15. The number of rotatable bonds is 3. The zero-order valence-corrected chi connectivity index (χ0v) is 13.9. The van der Waals surface area contributed by atoms with Gasteiger partial charge in [-0.3, -0.25) is 4.79 Å². The van der Waals surface area contributed by atoms with E-state index in [-0.39, 0.29) is 11.5 Å². The van der Waals surface area contributed by atoms with Gasteiger partial charge in [-0.1, -0.05) is 11.6 Å². The van der Waals surface area contributed by atoms with Crippen LogP contribution in [-0.2, 0) is 4.74 Å². The molecule has 0 atom stereocenters. The summed E-state index contributed by atoms with van der Waals surface area (Å²) in [6, 6.07) is 11.7. The number of hydrogen-bond acceptors (Lipinski definition) is 3. The molecule has 0 aromatic heterocycles. The van der Waals surface area contributed by atoms with Crippen LogP contribution in [0.25, 0.3) is 0 Å². The van der Waals surface area contributed by atoms with Crippen LogP contribution in [0.1, 0.15) is 20.7 Å². The fourth-order valence-corrected chi connectivity index (χ4v) is 2.24. The monoisotopic (exact) mass is 415 g/mol. The normalized spacial score (nSPS) is 10.0. The van der Waals surface area contributed by atoms with Gasteiger partial charge in [0.15, 0.2) is 0 Å². The highest BCUT2D eigenvalue weighted by atomic mass is 127. The molecular weight excluding hydrogens is 405 g/mol. The minimum atomic E-state index is -0.537. The average Bonchev–Trinajstić information content (AvgIpc) is 2.47. The fourth-order valence-electron chi connectivity index (χ4n) is 1.70. The maximum absolute atomic E-state index is 12.2. The lowest BCUT2D eigenvalue weighted by atomic mass is 10.1. The summed E-state index contributed by atoms with van der Waals surface area (Å²) in [5, 5.41) is 3.09. The summed E-state index contributed by atoms with van der Waals surface area (Å²) in [5.74, 6) is -0.858. The van der Waals surface area contributed by atoms with E-state index in [1.165, 1.54) is 19.2 Å². The van der Waals surface area contributed by atoms with E-state index in [0.717, 1.165) is 3.57 Å². The Bertz CT molecular complexity index is 686. The number of nitrogens with one attached hydrogen (secondary N) is 1. The molecule has 0 radical (unpaired) electrons. The van der Waals surface area contributed by atoms with Crippen molar-refractivity contribution in [2.75, 3.05) is 12.4 Å². The van der Waals surface area contributed by atoms with E-state index >= 15 is 0 Å². The van der Waals surface area contributed by atoms with Gasteiger partial charge in [0.1, 0.15) is 0 Å². The van der Waals surface area contributed by atoms with Crippen molar-refractivity contribution in [2.45, 2.75) is 0 Å². The van der Waals surface area contributed by atoms with Gasteiger partial charge in [-0.15, -0.1) is 0 Å². The number of carbonyl (C=O) groups is 2. The molecule has 0 aliphatic rings. The molecule has 1 N–H and O–H groups in total. The highest BCUT2D eigenvalue weighted by molar-refractivity contribution is 14.1. The molecule has 6 heteroatoms. The largest absolute Gasteiger partial charge is 0.465 e. The molecule has 108 valence electrons. The van der Waals surface area contributed by atoms with Crippen molar-refractivity contribution in [1.29, 1.82) is 0 Å². The molecule has 1 amide bonds. The van der Waals surface area contributed by atoms with E-state index in [1.54, 1.807) is 18.2 Å². The van der Waals surface area contributed by atoms with Crippen molar-refractivity contribution in [2.24, 2.45) is 0 Å². The minimum Gasteiger partial charge on any atom is -0.465 e. The number of benzene rings is 2. The number of ether oxygens (including phenoxy) is 1. The zero-order chi connectivity index (χ0) is 15.4. The molecule has 2 rings (SSSR count). The van der Waals surface area contributed by atoms with Gasteiger partial charge in [0.05, 0.1) is 18.4 Å². The Balaban J connectivity index is 2.30. The number of halogens is 2. The van der Waals surface area contributed by atoms with Crippen molar-refractivity contribution < 1.29 is 14.3 Å². The molecule has 0 saturated heterocycles. The lowest BCUT2D eigenvalue weighted by Crippen LogP contribution is -2.15. The van der Waals surface area contributed by atoms with Gasteiger partial charge in [-0.05, 0) is 65.1 Å². The number of anilines is 1. The summed E-state index contributed by atoms with van der Waals surface area (Å²) in [6.45, 7) is 0. The van der Waals surface area contributed by atoms with Gasteiger partial charge in [-0.25, -0.2) is 4.79 Å². The smallest absolute Gasteiger partial charge is 0.339 e. The fraction of sp³-hybridized carbons (Fsp3) is 0.0667. The molecule has 0 bridgehead atoms. The van der Waals surface area contributed by atoms with Crippen LogP contribution in [0.15, 0.2) is 42.5 Å². The summed E-state index contributed by atoms with van der Waals surface area (Å²) in [7, 11) is 1.28. The topological polar surface area (TPSA) is 55.4 Å². The Morgan fingerprint density at radius 3 is 2.43 bits per heavy atom. The van der Waals surface area contributed by atoms with Crippen molar-refractivity contribution in [3.8, 4) is 0 Å². The number of hydrogen-bond donors (Lipinski definition) is 1. The Kier molecular flexibility index (Phi) is 5.19. The molecule has 0 saturated carbocycles. The second-order valence-corrected chi connectivity index (χ2v) is 5.82. The molecule has 0 aliphatic heterocycles. The Morgan fingerprint density at radius 2 is 1.81 bits per heavy atom. The van der Waals surface area contributed by atoms with Crippen LogP contribution < -0.4 is 5.32 Å². The summed E-state index contributed by atoms with van der Waals surface area (Å²) in [4.78, 5) is 23.9.